The Morgan fingerprint density at radius 3 is 2.48 bits per heavy atom. The topological polar surface area (TPSA) is 86.8 Å². The van der Waals surface area contributed by atoms with Crippen LogP contribution < -0.4 is 19.1 Å². The molecule has 1 aromatic heterocycles. The summed E-state index contributed by atoms with van der Waals surface area (Å²) in [6, 6.07) is 7.48. The fourth-order valence-corrected chi connectivity index (χ4v) is 3.94. The van der Waals surface area contributed by atoms with Gasteiger partial charge in [-0.3, -0.25) is 14.6 Å². The van der Waals surface area contributed by atoms with Crippen LogP contribution in [-0.2, 0) is 16.8 Å². The van der Waals surface area contributed by atoms with E-state index in [2.05, 4.69) is 24.1 Å². The minimum Gasteiger partial charge on any atom is -0.406 e. The van der Waals surface area contributed by atoms with Gasteiger partial charge in [0.25, 0.3) is 10.2 Å². The van der Waals surface area contributed by atoms with Gasteiger partial charge in [-0.15, -0.1) is 13.2 Å². The van der Waals surface area contributed by atoms with Crippen molar-refractivity contribution in [3.63, 3.8) is 0 Å². The summed E-state index contributed by atoms with van der Waals surface area (Å²) in [7, 11) is -2.38. The van der Waals surface area contributed by atoms with E-state index in [1.807, 2.05) is 18.7 Å². The van der Waals surface area contributed by atoms with Crippen LogP contribution >= 0.6 is 0 Å². The van der Waals surface area contributed by atoms with Crippen molar-refractivity contribution in [2.45, 2.75) is 32.3 Å². The predicted molar refractivity (Wildman–Crippen MR) is 111 cm³/mol. The quantitative estimate of drug-likeness (QED) is 0.662. The van der Waals surface area contributed by atoms with Crippen molar-refractivity contribution in [1.29, 1.82) is 0 Å². The molecule has 1 aliphatic heterocycles. The molecule has 2 heterocycles. The molecule has 0 spiro atoms. The van der Waals surface area contributed by atoms with Crippen LogP contribution in [0.4, 0.5) is 24.5 Å². The Hall–Kier alpha value is -2.57. The highest BCUT2D eigenvalue weighted by molar-refractivity contribution is 7.90. The Morgan fingerprint density at radius 1 is 1.19 bits per heavy atom. The molecule has 1 aliphatic rings. The van der Waals surface area contributed by atoms with E-state index < -0.39 is 16.6 Å². The summed E-state index contributed by atoms with van der Waals surface area (Å²) >= 11 is 0. The van der Waals surface area contributed by atoms with Gasteiger partial charge in [-0.2, -0.15) is 8.42 Å². The Kier molecular flexibility index (Phi) is 6.35. The van der Waals surface area contributed by atoms with Crippen LogP contribution in [0.5, 0.6) is 5.75 Å². The third-order valence-corrected chi connectivity index (χ3v) is 6.02. The highest BCUT2D eigenvalue weighted by Crippen LogP contribution is 2.33. The standard InChI is InChI=1S/C19H24F3N5O3S/c1-18(2)12-26(15-4-6-16(7-5-15)30-19(20,21)22)13-27(18)11-14-8-9-24-10-17(14)25-31(28,29)23-3/h4-10,23,25H,11-13H2,1-3H3. The molecular formula is C19H24F3N5O3S. The maximum absolute atomic E-state index is 12.4. The fraction of sp³-hybridized carbons (Fsp3) is 0.421. The van der Waals surface area contributed by atoms with Gasteiger partial charge in [0.05, 0.1) is 18.6 Å². The Bertz CT molecular complexity index is 1010. The molecule has 8 nitrogen and oxygen atoms in total. The number of alkyl halides is 3. The van der Waals surface area contributed by atoms with Crippen molar-refractivity contribution in [2.24, 2.45) is 0 Å². The first-order chi connectivity index (χ1) is 14.4. The molecule has 1 fully saturated rings. The summed E-state index contributed by atoms with van der Waals surface area (Å²) in [4.78, 5) is 8.19. The molecule has 1 saturated heterocycles. The Balaban J connectivity index is 1.75. The van der Waals surface area contributed by atoms with E-state index in [0.29, 0.717) is 25.4 Å². The van der Waals surface area contributed by atoms with E-state index in [0.717, 1.165) is 11.3 Å². The van der Waals surface area contributed by atoms with Crippen LogP contribution in [0.2, 0.25) is 0 Å². The molecule has 2 N–H and O–H groups in total. The molecule has 2 aromatic rings. The van der Waals surface area contributed by atoms with Gasteiger partial charge in [0.1, 0.15) is 5.75 Å². The SMILES string of the molecule is CNS(=O)(=O)Nc1cnccc1CN1CN(c2ccc(OC(F)(F)F)cc2)CC1(C)C. The van der Waals surface area contributed by atoms with Gasteiger partial charge >= 0.3 is 6.36 Å². The second kappa shape index (κ2) is 8.52. The summed E-state index contributed by atoms with van der Waals surface area (Å²) < 4.78 is 69.5. The molecular weight excluding hydrogens is 435 g/mol. The van der Waals surface area contributed by atoms with E-state index in [1.54, 1.807) is 24.4 Å². The molecule has 1 aromatic carbocycles. The van der Waals surface area contributed by atoms with Gasteiger partial charge < -0.3 is 9.64 Å². The summed E-state index contributed by atoms with van der Waals surface area (Å²) in [5, 5.41) is 0. The number of halogens is 3. The average Bonchev–Trinajstić information content (AvgIpc) is 2.97. The van der Waals surface area contributed by atoms with E-state index in [9.17, 15) is 21.6 Å². The Labute approximate surface area is 179 Å². The maximum atomic E-state index is 12.4. The van der Waals surface area contributed by atoms with Gasteiger partial charge in [0.15, 0.2) is 0 Å². The van der Waals surface area contributed by atoms with Crippen molar-refractivity contribution in [3.8, 4) is 5.75 Å². The second-order valence-electron chi connectivity index (χ2n) is 7.73. The number of hydrogen-bond acceptors (Lipinski definition) is 6. The van der Waals surface area contributed by atoms with Crippen LogP contribution in [0.15, 0.2) is 42.7 Å². The molecule has 0 unspecified atom stereocenters. The third kappa shape index (κ3) is 5.99. The number of rotatable bonds is 7. The molecule has 170 valence electrons. The first kappa shape index (κ1) is 23.1. The monoisotopic (exact) mass is 459 g/mol. The number of ether oxygens (including phenoxy) is 1. The van der Waals surface area contributed by atoms with Gasteiger partial charge in [-0.1, -0.05) is 0 Å². The lowest BCUT2D eigenvalue weighted by atomic mass is 10.0. The smallest absolute Gasteiger partial charge is 0.406 e. The molecule has 0 radical (unpaired) electrons. The number of aromatic nitrogens is 1. The molecule has 0 atom stereocenters. The van der Waals surface area contributed by atoms with Gasteiger partial charge in [-0.05, 0) is 49.7 Å². The predicted octanol–water partition coefficient (Wildman–Crippen LogP) is 2.91. The van der Waals surface area contributed by atoms with Crippen molar-refractivity contribution < 1.29 is 26.3 Å². The van der Waals surface area contributed by atoms with Crippen molar-refractivity contribution in [1.82, 2.24) is 14.6 Å². The van der Waals surface area contributed by atoms with Crippen molar-refractivity contribution in [2.75, 3.05) is 29.9 Å². The zero-order valence-electron chi connectivity index (χ0n) is 17.3. The van der Waals surface area contributed by atoms with Crippen LogP contribution in [0.3, 0.4) is 0 Å². The minimum atomic E-state index is -4.73. The maximum Gasteiger partial charge on any atom is 0.573 e. The molecule has 3 rings (SSSR count). The lowest BCUT2D eigenvalue weighted by Gasteiger charge is -2.30. The summed E-state index contributed by atoms with van der Waals surface area (Å²) in [6.07, 6.45) is -1.69. The number of anilines is 2. The first-order valence-electron chi connectivity index (χ1n) is 9.38. The number of nitrogens with zero attached hydrogens (tertiary/aromatic N) is 3. The highest BCUT2D eigenvalue weighted by atomic mass is 32.2. The lowest BCUT2D eigenvalue weighted by molar-refractivity contribution is -0.274. The number of nitrogens with one attached hydrogen (secondary N) is 2. The normalized spacial score (nSPS) is 17.0. The second-order valence-corrected chi connectivity index (χ2v) is 9.35. The largest absolute Gasteiger partial charge is 0.573 e. The van der Waals surface area contributed by atoms with Crippen LogP contribution in [0.1, 0.15) is 19.4 Å². The lowest BCUT2D eigenvalue weighted by Crippen LogP contribution is -2.39. The zero-order chi connectivity index (χ0) is 22.9. The number of benzene rings is 1. The van der Waals surface area contributed by atoms with E-state index >= 15 is 0 Å². The molecule has 0 bridgehead atoms. The minimum absolute atomic E-state index is 0.273. The highest BCUT2D eigenvalue weighted by Gasteiger charge is 2.37. The zero-order valence-corrected chi connectivity index (χ0v) is 18.1. The molecule has 31 heavy (non-hydrogen) atoms. The molecule has 12 heteroatoms. The third-order valence-electron chi connectivity index (χ3n) is 5.00. The van der Waals surface area contributed by atoms with Gasteiger partial charge in [0, 0.05) is 37.6 Å². The van der Waals surface area contributed by atoms with E-state index in [1.165, 1.54) is 25.4 Å². The summed E-state index contributed by atoms with van der Waals surface area (Å²) in [6.45, 7) is 5.69. The summed E-state index contributed by atoms with van der Waals surface area (Å²) in [5.41, 5.74) is 1.61. The van der Waals surface area contributed by atoms with Crippen LogP contribution in [0.25, 0.3) is 0 Å². The Morgan fingerprint density at radius 2 is 1.87 bits per heavy atom. The number of pyridine rings is 1. The number of hydrogen-bond donors (Lipinski definition) is 2. The van der Waals surface area contributed by atoms with Crippen molar-refractivity contribution in [3.05, 3.63) is 48.3 Å². The van der Waals surface area contributed by atoms with Crippen LogP contribution in [-0.4, -0.2) is 50.5 Å². The van der Waals surface area contributed by atoms with Crippen LogP contribution in [0, 0.1) is 0 Å². The van der Waals surface area contributed by atoms with Gasteiger partial charge in [0.2, 0.25) is 0 Å². The average molecular weight is 459 g/mol. The molecule has 0 saturated carbocycles. The van der Waals surface area contributed by atoms with E-state index in [4.69, 9.17) is 0 Å². The molecule has 0 aliphatic carbocycles. The first-order valence-corrected chi connectivity index (χ1v) is 10.9. The van der Waals surface area contributed by atoms with E-state index in [-0.39, 0.29) is 11.3 Å². The van der Waals surface area contributed by atoms with Gasteiger partial charge in [-0.25, -0.2) is 4.72 Å². The fourth-order valence-electron chi connectivity index (χ4n) is 3.36. The van der Waals surface area contributed by atoms with Crippen molar-refractivity contribution >= 4 is 21.6 Å². The molecule has 0 amide bonds. The summed E-state index contributed by atoms with van der Waals surface area (Å²) in [5.74, 6) is -0.273.